The monoisotopic (exact) mass is 324 g/mol. The molecule has 0 aliphatic carbocycles. The molecule has 1 amide bonds. The molecule has 5 heteroatoms. The summed E-state index contributed by atoms with van der Waals surface area (Å²) >= 11 is 0. The Morgan fingerprint density at radius 1 is 1.22 bits per heavy atom. The molecular weight excluding hydrogens is 292 g/mol. The molecular formula is C18H32N2O3. The molecule has 23 heavy (non-hydrogen) atoms. The van der Waals surface area contributed by atoms with Crippen molar-refractivity contribution in [3.8, 4) is 0 Å². The number of unbranched alkanes of at least 4 members (excludes halogenated alkanes) is 3. The molecule has 3 aliphatic heterocycles. The Hall–Kier alpha value is -0.810. The second kappa shape index (κ2) is 7.84. The highest BCUT2D eigenvalue weighted by Gasteiger charge is 2.46. The zero-order chi connectivity index (χ0) is 16.1. The van der Waals surface area contributed by atoms with Crippen LogP contribution in [0.25, 0.3) is 0 Å². The number of piperidine rings is 1. The summed E-state index contributed by atoms with van der Waals surface area (Å²) in [7, 11) is 0. The van der Waals surface area contributed by atoms with Crippen LogP contribution in [0.15, 0.2) is 0 Å². The van der Waals surface area contributed by atoms with E-state index in [1.54, 1.807) is 0 Å². The number of amides is 1. The van der Waals surface area contributed by atoms with Gasteiger partial charge in [0, 0.05) is 45.6 Å². The minimum atomic E-state index is -0.204. The molecule has 0 aromatic heterocycles. The van der Waals surface area contributed by atoms with Crippen LogP contribution in [0.2, 0.25) is 0 Å². The lowest BCUT2D eigenvalue weighted by Crippen LogP contribution is -2.48. The third kappa shape index (κ3) is 4.38. The van der Waals surface area contributed by atoms with Crippen LogP contribution < -0.4 is 0 Å². The summed E-state index contributed by atoms with van der Waals surface area (Å²) in [4.78, 5) is 16.6. The van der Waals surface area contributed by atoms with Crippen LogP contribution in [0, 0.1) is 5.92 Å². The first-order valence-electron chi connectivity index (χ1n) is 9.49. The van der Waals surface area contributed by atoms with E-state index in [2.05, 4.69) is 11.8 Å². The van der Waals surface area contributed by atoms with Gasteiger partial charge in [-0.15, -0.1) is 0 Å². The van der Waals surface area contributed by atoms with Crippen LogP contribution >= 0.6 is 0 Å². The molecule has 1 spiro atoms. The van der Waals surface area contributed by atoms with Crippen molar-refractivity contribution in [1.29, 1.82) is 0 Å². The van der Waals surface area contributed by atoms with Crippen molar-refractivity contribution >= 4 is 6.09 Å². The van der Waals surface area contributed by atoms with Gasteiger partial charge in [-0.2, -0.15) is 0 Å². The topological polar surface area (TPSA) is 42.0 Å². The third-order valence-corrected chi connectivity index (χ3v) is 5.63. The lowest BCUT2D eigenvalue weighted by molar-refractivity contribution is -0.00292. The number of hydrogen-bond acceptors (Lipinski definition) is 4. The van der Waals surface area contributed by atoms with E-state index in [0.717, 1.165) is 65.2 Å². The summed E-state index contributed by atoms with van der Waals surface area (Å²) in [5.41, 5.74) is -0.204. The van der Waals surface area contributed by atoms with Crippen molar-refractivity contribution in [3.05, 3.63) is 0 Å². The summed E-state index contributed by atoms with van der Waals surface area (Å²) in [5, 5.41) is 0. The first-order valence-corrected chi connectivity index (χ1v) is 9.49. The number of ether oxygens (including phenoxy) is 2. The number of nitrogens with zero attached hydrogens (tertiary/aromatic N) is 2. The van der Waals surface area contributed by atoms with Crippen LogP contribution in [0.1, 0.15) is 51.9 Å². The Morgan fingerprint density at radius 2 is 2.04 bits per heavy atom. The smallest absolute Gasteiger partial charge is 0.410 e. The fraction of sp³-hybridized carbons (Fsp3) is 0.944. The van der Waals surface area contributed by atoms with Gasteiger partial charge in [-0.05, 0) is 18.8 Å². The Kier molecular flexibility index (Phi) is 5.81. The maximum atomic E-state index is 12.1. The normalized spacial score (nSPS) is 27.8. The van der Waals surface area contributed by atoms with Crippen molar-refractivity contribution < 1.29 is 14.3 Å². The molecule has 3 aliphatic rings. The lowest BCUT2D eigenvalue weighted by atomic mass is 9.90. The van der Waals surface area contributed by atoms with Gasteiger partial charge in [-0.1, -0.05) is 26.2 Å². The fourth-order valence-corrected chi connectivity index (χ4v) is 4.09. The van der Waals surface area contributed by atoms with Gasteiger partial charge in [0.05, 0.1) is 13.2 Å². The molecule has 3 fully saturated rings. The Balaban J connectivity index is 1.41. The predicted molar refractivity (Wildman–Crippen MR) is 89.5 cm³/mol. The molecule has 0 aromatic carbocycles. The average molecular weight is 324 g/mol. The Bertz CT molecular complexity index is 388. The fourth-order valence-electron chi connectivity index (χ4n) is 4.09. The van der Waals surface area contributed by atoms with Crippen molar-refractivity contribution in [3.63, 3.8) is 0 Å². The molecule has 0 bridgehead atoms. The second-order valence-electron chi connectivity index (χ2n) is 7.56. The van der Waals surface area contributed by atoms with Crippen molar-refractivity contribution in [1.82, 2.24) is 9.80 Å². The quantitative estimate of drug-likeness (QED) is 0.675. The molecule has 3 saturated heterocycles. The van der Waals surface area contributed by atoms with E-state index < -0.39 is 0 Å². The van der Waals surface area contributed by atoms with Gasteiger partial charge >= 0.3 is 6.09 Å². The summed E-state index contributed by atoms with van der Waals surface area (Å²) in [5.74, 6) is 0.699. The molecule has 5 nitrogen and oxygen atoms in total. The Labute approximate surface area is 140 Å². The highest BCUT2D eigenvalue weighted by molar-refractivity contribution is 5.70. The molecule has 0 saturated carbocycles. The van der Waals surface area contributed by atoms with E-state index in [-0.39, 0.29) is 11.7 Å². The molecule has 1 unspecified atom stereocenters. The van der Waals surface area contributed by atoms with E-state index in [4.69, 9.17) is 9.47 Å². The van der Waals surface area contributed by atoms with E-state index in [1.165, 1.54) is 25.7 Å². The number of hydrogen-bond donors (Lipinski definition) is 0. The van der Waals surface area contributed by atoms with Gasteiger partial charge in [-0.3, -0.25) is 0 Å². The van der Waals surface area contributed by atoms with Crippen LogP contribution in [0.4, 0.5) is 4.79 Å². The largest absolute Gasteiger partial charge is 0.441 e. The lowest BCUT2D eigenvalue weighted by Gasteiger charge is -2.38. The van der Waals surface area contributed by atoms with E-state index in [1.807, 2.05) is 4.90 Å². The molecule has 3 heterocycles. The molecule has 0 N–H and O–H groups in total. The van der Waals surface area contributed by atoms with Crippen LogP contribution in [0.5, 0.6) is 0 Å². The third-order valence-electron chi connectivity index (χ3n) is 5.63. The van der Waals surface area contributed by atoms with Crippen LogP contribution in [0.3, 0.4) is 0 Å². The maximum Gasteiger partial charge on any atom is 0.410 e. The van der Waals surface area contributed by atoms with E-state index in [9.17, 15) is 4.79 Å². The summed E-state index contributed by atoms with van der Waals surface area (Å²) in [6.45, 7) is 8.97. The molecule has 0 aromatic rings. The van der Waals surface area contributed by atoms with E-state index in [0.29, 0.717) is 5.92 Å². The number of likely N-dealkylation sites (tertiary alicyclic amines) is 1. The van der Waals surface area contributed by atoms with Gasteiger partial charge < -0.3 is 19.3 Å². The maximum absolute atomic E-state index is 12.1. The first-order chi connectivity index (χ1) is 11.2. The number of rotatable bonds is 7. The zero-order valence-corrected chi connectivity index (χ0v) is 14.6. The first kappa shape index (κ1) is 17.0. The van der Waals surface area contributed by atoms with Crippen molar-refractivity contribution in [2.24, 2.45) is 5.92 Å². The van der Waals surface area contributed by atoms with Gasteiger partial charge in [-0.25, -0.2) is 4.79 Å². The molecule has 1 atom stereocenters. The molecule has 0 radical (unpaired) electrons. The minimum Gasteiger partial charge on any atom is -0.441 e. The van der Waals surface area contributed by atoms with Crippen molar-refractivity contribution in [2.45, 2.75) is 57.5 Å². The van der Waals surface area contributed by atoms with Crippen LogP contribution in [-0.4, -0.2) is 67.4 Å². The van der Waals surface area contributed by atoms with Gasteiger partial charge in [0.25, 0.3) is 0 Å². The van der Waals surface area contributed by atoms with E-state index >= 15 is 0 Å². The van der Waals surface area contributed by atoms with Gasteiger partial charge in [0.2, 0.25) is 0 Å². The SMILES string of the molecule is CCCCCCN1CC2(CCN(CC3CCOC3)CC2)OC1=O. The molecule has 3 rings (SSSR count). The highest BCUT2D eigenvalue weighted by Crippen LogP contribution is 2.34. The average Bonchev–Trinajstić information content (AvgIpc) is 3.15. The summed E-state index contributed by atoms with van der Waals surface area (Å²) in [6.07, 6.45) is 7.89. The standard InChI is InChI=1S/C18H32N2O3/c1-2-3-4-5-9-20-15-18(23-17(20)21)7-10-19(11-8-18)13-16-6-12-22-14-16/h16H,2-15H2,1H3. The van der Waals surface area contributed by atoms with Crippen molar-refractivity contribution in [2.75, 3.05) is 45.9 Å². The number of carbonyl (C=O) groups excluding carboxylic acids is 1. The van der Waals surface area contributed by atoms with Gasteiger partial charge in [0.1, 0.15) is 5.60 Å². The predicted octanol–water partition coefficient (Wildman–Crippen LogP) is 2.89. The highest BCUT2D eigenvalue weighted by atomic mass is 16.6. The summed E-state index contributed by atoms with van der Waals surface area (Å²) in [6, 6.07) is 0. The Morgan fingerprint density at radius 3 is 2.74 bits per heavy atom. The number of carbonyl (C=O) groups is 1. The van der Waals surface area contributed by atoms with Gasteiger partial charge in [0.15, 0.2) is 0 Å². The summed E-state index contributed by atoms with van der Waals surface area (Å²) < 4.78 is 11.3. The van der Waals surface area contributed by atoms with Crippen LogP contribution in [-0.2, 0) is 9.47 Å². The molecule has 132 valence electrons. The second-order valence-corrected chi connectivity index (χ2v) is 7.56. The zero-order valence-electron chi connectivity index (χ0n) is 14.6. The minimum absolute atomic E-state index is 0.0841.